The van der Waals surface area contributed by atoms with Crippen LogP contribution in [0.25, 0.3) is 0 Å². The molecule has 0 saturated carbocycles. The van der Waals surface area contributed by atoms with Crippen molar-refractivity contribution in [2.75, 3.05) is 42.6 Å². The van der Waals surface area contributed by atoms with E-state index in [4.69, 9.17) is 10.8 Å². The first-order valence-electron chi connectivity index (χ1n) is 6.67. The second-order valence-corrected chi connectivity index (χ2v) is 4.23. The van der Waals surface area contributed by atoms with E-state index in [0.717, 1.165) is 5.69 Å². The van der Waals surface area contributed by atoms with Gasteiger partial charge in [-0.15, -0.1) is 0 Å². The van der Waals surface area contributed by atoms with Crippen LogP contribution in [0.15, 0.2) is 30.3 Å². The van der Waals surface area contributed by atoms with Crippen molar-refractivity contribution < 1.29 is 5.11 Å². The fourth-order valence-electron chi connectivity index (χ4n) is 1.64. The molecule has 0 aliphatic carbocycles. The van der Waals surface area contributed by atoms with Crippen molar-refractivity contribution >= 4 is 23.5 Å². The summed E-state index contributed by atoms with van der Waals surface area (Å²) in [5.74, 6) is 0.945. The molecule has 0 saturated heterocycles. The summed E-state index contributed by atoms with van der Waals surface area (Å²) in [6, 6.07) is 9.58. The van der Waals surface area contributed by atoms with Crippen LogP contribution in [0.4, 0.5) is 23.5 Å². The molecular weight excluding hydrogens is 270 g/mol. The number of nitrogens with two attached hydrogens (primary N) is 1. The van der Waals surface area contributed by atoms with Crippen LogP contribution in [0.5, 0.6) is 0 Å². The van der Waals surface area contributed by atoms with Crippen LogP contribution in [-0.2, 0) is 0 Å². The number of anilines is 4. The number of aliphatic hydroxyl groups excluding tert-OH is 1. The maximum absolute atomic E-state index is 8.65. The van der Waals surface area contributed by atoms with Crippen LogP contribution >= 0.6 is 0 Å². The lowest BCUT2D eigenvalue weighted by Gasteiger charge is -2.09. The van der Waals surface area contributed by atoms with Gasteiger partial charge in [-0.05, 0) is 12.1 Å². The van der Waals surface area contributed by atoms with Gasteiger partial charge in [-0.25, -0.2) is 0 Å². The summed E-state index contributed by atoms with van der Waals surface area (Å²) in [5.41, 5.74) is 6.55. The number of nitrogens with zero attached hydrogens (tertiary/aromatic N) is 3. The second-order valence-electron chi connectivity index (χ2n) is 4.23. The molecule has 0 radical (unpaired) electrons. The fraction of sp³-hybridized carbons (Fsp3) is 0.308. The van der Waals surface area contributed by atoms with E-state index in [9.17, 15) is 0 Å². The summed E-state index contributed by atoms with van der Waals surface area (Å²) in [4.78, 5) is 12.3. The van der Waals surface area contributed by atoms with Crippen LogP contribution in [0.3, 0.4) is 0 Å². The predicted molar refractivity (Wildman–Crippen MR) is 82.4 cm³/mol. The topological polar surface area (TPSA) is 121 Å². The number of benzene rings is 1. The van der Waals surface area contributed by atoms with Crippen LogP contribution in [0.2, 0.25) is 0 Å². The highest BCUT2D eigenvalue weighted by molar-refractivity contribution is 5.54. The lowest BCUT2D eigenvalue weighted by molar-refractivity contribution is 0.293. The van der Waals surface area contributed by atoms with Crippen LogP contribution in [-0.4, -0.2) is 46.3 Å². The Morgan fingerprint density at radius 3 is 2.48 bits per heavy atom. The van der Waals surface area contributed by atoms with Crippen molar-refractivity contribution in [2.45, 2.75) is 0 Å². The number of nitrogens with one attached hydrogen (secondary N) is 3. The number of aliphatic hydroxyl groups is 1. The molecule has 0 bridgehead atoms. The minimum atomic E-state index is 0.115. The molecule has 0 aliphatic heterocycles. The predicted octanol–water partition coefficient (Wildman–Crippen LogP) is 0.191. The minimum Gasteiger partial charge on any atom is -0.395 e. The van der Waals surface area contributed by atoms with Gasteiger partial charge in [0.05, 0.1) is 6.61 Å². The van der Waals surface area contributed by atoms with Crippen molar-refractivity contribution in [2.24, 2.45) is 0 Å². The summed E-state index contributed by atoms with van der Waals surface area (Å²) >= 11 is 0. The van der Waals surface area contributed by atoms with E-state index in [0.29, 0.717) is 31.5 Å². The molecule has 0 atom stereocenters. The molecule has 21 heavy (non-hydrogen) atoms. The molecule has 0 amide bonds. The van der Waals surface area contributed by atoms with Crippen molar-refractivity contribution in [3.63, 3.8) is 0 Å². The average molecular weight is 289 g/mol. The molecule has 0 fully saturated rings. The van der Waals surface area contributed by atoms with Gasteiger partial charge in [0.2, 0.25) is 17.8 Å². The average Bonchev–Trinajstić information content (AvgIpc) is 2.47. The van der Waals surface area contributed by atoms with Gasteiger partial charge >= 0.3 is 0 Å². The molecule has 2 aromatic rings. The largest absolute Gasteiger partial charge is 0.395 e. The molecule has 6 N–H and O–H groups in total. The molecular formula is C13H19N7O. The second kappa shape index (κ2) is 7.98. The molecule has 0 unspecified atom stereocenters. The van der Waals surface area contributed by atoms with Crippen molar-refractivity contribution in [1.82, 2.24) is 20.3 Å². The summed E-state index contributed by atoms with van der Waals surface area (Å²) in [6.07, 6.45) is 0. The molecule has 0 spiro atoms. The van der Waals surface area contributed by atoms with Crippen LogP contribution in [0.1, 0.15) is 0 Å². The first-order chi connectivity index (χ1) is 10.3. The van der Waals surface area contributed by atoms with E-state index in [2.05, 4.69) is 30.9 Å². The highest BCUT2D eigenvalue weighted by atomic mass is 16.3. The Morgan fingerprint density at radius 1 is 0.952 bits per heavy atom. The van der Waals surface area contributed by atoms with Crippen LogP contribution < -0.4 is 21.7 Å². The minimum absolute atomic E-state index is 0.115. The molecule has 1 heterocycles. The third kappa shape index (κ3) is 5.21. The van der Waals surface area contributed by atoms with Crippen molar-refractivity contribution in [3.8, 4) is 0 Å². The smallest absolute Gasteiger partial charge is 0.233 e. The number of nitrogen functional groups attached to an aromatic ring is 1. The first-order valence-corrected chi connectivity index (χ1v) is 6.67. The number of hydrogen-bond acceptors (Lipinski definition) is 8. The van der Waals surface area contributed by atoms with E-state index in [1.54, 1.807) is 0 Å². The number of hydrogen-bond donors (Lipinski definition) is 5. The Labute approximate surface area is 122 Å². The van der Waals surface area contributed by atoms with Crippen molar-refractivity contribution in [3.05, 3.63) is 30.3 Å². The highest BCUT2D eigenvalue weighted by Crippen LogP contribution is 2.13. The van der Waals surface area contributed by atoms with E-state index >= 15 is 0 Å². The summed E-state index contributed by atoms with van der Waals surface area (Å²) in [6.45, 7) is 1.98. The van der Waals surface area contributed by atoms with E-state index in [1.807, 2.05) is 30.3 Å². The Bertz CT molecular complexity index is 549. The molecule has 112 valence electrons. The monoisotopic (exact) mass is 289 g/mol. The molecule has 1 aromatic carbocycles. The van der Waals surface area contributed by atoms with Gasteiger partial charge in [0.25, 0.3) is 0 Å². The summed E-state index contributed by atoms with van der Waals surface area (Å²) in [5, 5.41) is 17.8. The van der Waals surface area contributed by atoms with E-state index < -0.39 is 0 Å². The Balaban J connectivity index is 1.94. The lowest BCUT2D eigenvalue weighted by atomic mass is 10.3. The van der Waals surface area contributed by atoms with E-state index in [1.165, 1.54) is 0 Å². The third-order valence-corrected chi connectivity index (χ3v) is 2.56. The van der Waals surface area contributed by atoms with Gasteiger partial charge in [-0.3, -0.25) is 0 Å². The van der Waals surface area contributed by atoms with E-state index in [-0.39, 0.29) is 12.6 Å². The first kappa shape index (κ1) is 14.9. The molecule has 8 heteroatoms. The van der Waals surface area contributed by atoms with Gasteiger partial charge in [0, 0.05) is 25.3 Å². The molecule has 1 aromatic heterocycles. The zero-order valence-electron chi connectivity index (χ0n) is 11.6. The summed E-state index contributed by atoms with van der Waals surface area (Å²) in [7, 11) is 0. The maximum atomic E-state index is 8.65. The Hall–Kier alpha value is -2.45. The molecule has 8 nitrogen and oxygen atoms in total. The number of rotatable bonds is 8. The van der Waals surface area contributed by atoms with Gasteiger partial charge in [0.15, 0.2) is 0 Å². The zero-order chi connectivity index (χ0) is 14.9. The Morgan fingerprint density at radius 2 is 1.71 bits per heavy atom. The SMILES string of the molecule is Nc1nc(NCCNCCO)nc(Nc2ccccc2)n1. The standard InChI is InChI=1S/C13H19N7O/c14-11-18-12(16-7-6-15-8-9-21)20-13(19-11)17-10-4-2-1-3-5-10/h1-5,15,21H,6-9H2,(H4,14,16,17,18,19,20). The number of para-hydroxylation sites is 1. The van der Waals surface area contributed by atoms with Crippen LogP contribution in [0, 0.1) is 0 Å². The normalized spacial score (nSPS) is 10.3. The molecule has 2 rings (SSSR count). The van der Waals surface area contributed by atoms with Gasteiger partial charge < -0.3 is 26.8 Å². The quantitative estimate of drug-likeness (QED) is 0.437. The van der Waals surface area contributed by atoms with Gasteiger partial charge in [0.1, 0.15) is 0 Å². The maximum Gasteiger partial charge on any atom is 0.233 e. The lowest BCUT2D eigenvalue weighted by Crippen LogP contribution is -2.25. The fourth-order valence-corrected chi connectivity index (χ4v) is 1.64. The van der Waals surface area contributed by atoms with Crippen molar-refractivity contribution in [1.29, 1.82) is 0 Å². The highest BCUT2D eigenvalue weighted by Gasteiger charge is 2.04. The molecule has 0 aliphatic rings. The third-order valence-electron chi connectivity index (χ3n) is 2.56. The van der Waals surface area contributed by atoms with Gasteiger partial charge in [-0.1, -0.05) is 18.2 Å². The summed E-state index contributed by atoms with van der Waals surface area (Å²) < 4.78 is 0. The Kier molecular flexibility index (Phi) is 5.68. The van der Waals surface area contributed by atoms with Gasteiger partial charge in [-0.2, -0.15) is 15.0 Å². The number of aromatic nitrogens is 3. The zero-order valence-corrected chi connectivity index (χ0v) is 11.6.